The Balaban J connectivity index is 1.67. The Hall–Kier alpha value is -2.27. The van der Waals surface area contributed by atoms with Crippen LogP contribution in [0, 0.1) is 5.82 Å². The third-order valence-electron chi connectivity index (χ3n) is 4.20. The number of anilines is 3. The summed E-state index contributed by atoms with van der Waals surface area (Å²) in [5, 5.41) is 3.14. The summed E-state index contributed by atoms with van der Waals surface area (Å²) in [4.78, 5) is 2.17. The van der Waals surface area contributed by atoms with Gasteiger partial charge in [-0.25, -0.2) is 4.39 Å². The van der Waals surface area contributed by atoms with Crippen LogP contribution in [0.15, 0.2) is 42.5 Å². The Bertz CT molecular complexity index is 680. The van der Waals surface area contributed by atoms with Crippen molar-refractivity contribution >= 4 is 17.1 Å². The molecule has 24 heavy (non-hydrogen) atoms. The summed E-state index contributed by atoms with van der Waals surface area (Å²) in [7, 11) is 0. The second kappa shape index (κ2) is 7.09. The van der Waals surface area contributed by atoms with E-state index in [0.29, 0.717) is 12.2 Å². The molecule has 1 saturated heterocycles. The summed E-state index contributed by atoms with van der Waals surface area (Å²) in [6.45, 7) is 6.20. The maximum absolute atomic E-state index is 14.4. The molecule has 2 unspecified atom stereocenters. The number of nitrogens with two attached hydrogens (primary N) is 1. The Morgan fingerprint density at radius 1 is 1.12 bits per heavy atom. The first-order chi connectivity index (χ1) is 11.5. The van der Waals surface area contributed by atoms with Gasteiger partial charge in [-0.2, -0.15) is 0 Å². The van der Waals surface area contributed by atoms with Gasteiger partial charge in [-0.05, 0) is 49.7 Å². The van der Waals surface area contributed by atoms with Crippen LogP contribution in [0.3, 0.4) is 0 Å². The number of nitrogen functional groups attached to an aromatic ring is 1. The number of ether oxygens (including phenoxy) is 1. The zero-order valence-electron chi connectivity index (χ0n) is 14.1. The Morgan fingerprint density at radius 2 is 1.79 bits per heavy atom. The zero-order chi connectivity index (χ0) is 17.1. The summed E-state index contributed by atoms with van der Waals surface area (Å²) < 4.78 is 20.2. The van der Waals surface area contributed by atoms with Gasteiger partial charge in [-0.15, -0.1) is 0 Å². The fourth-order valence-corrected chi connectivity index (χ4v) is 3.07. The van der Waals surface area contributed by atoms with Gasteiger partial charge in [0, 0.05) is 31.0 Å². The molecule has 0 radical (unpaired) electrons. The van der Waals surface area contributed by atoms with Crippen LogP contribution in [0.5, 0.6) is 0 Å². The van der Waals surface area contributed by atoms with Crippen molar-refractivity contribution in [2.45, 2.75) is 32.6 Å². The molecule has 0 amide bonds. The second-order valence-corrected chi connectivity index (χ2v) is 6.42. The number of halogens is 1. The van der Waals surface area contributed by atoms with Crippen molar-refractivity contribution in [2.75, 3.05) is 29.0 Å². The minimum Gasteiger partial charge on any atom is -0.399 e. The molecule has 2 aromatic carbocycles. The molecule has 128 valence electrons. The van der Waals surface area contributed by atoms with E-state index in [1.54, 1.807) is 12.1 Å². The van der Waals surface area contributed by atoms with Crippen LogP contribution < -0.4 is 16.0 Å². The number of rotatable bonds is 4. The van der Waals surface area contributed by atoms with E-state index >= 15 is 0 Å². The van der Waals surface area contributed by atoms with Crippen molar-refractivity contribution in [3.63, 3.8) is 0 Å². The molecule has 3 rings (SSSR count). The zero-order valence-corrected chi connectivity index (χ0v) is 14.1. The van der Waals surface area contributed by atoms with Gasteiger partial charge < -0.3 is 20.7 Å². The molecule has 1 aliphatic heterocycles. The van der Waals surface area contributed by atoms with Crippen molar-refractivity contribution in [3.8, 4) is 0 Å². The predicted octanol–water partition coefficient (Wildman–Crippen LogP) is 3.63. The van der Waals surface area contributed by atoms with E-state index in [0.717, 1.165) is 30.0 Å². The number of hydrogen-bond acceptors (Lipinski definition) is 4. The van der Waals surface area contributed by atoms with E-state index in [1.807, 2.05) is 44.2 Å². The highest BCUT2D eigenvalue weighted by Crippen LogP contribution is 2.25. The van der Waals surface area contributed by atoms with Gasteiger partial charge in [-0.3, -0.25) is 0 Å². The molecule has 1 fully saturated rings. The van der Waals surface area contributed by atoms with E-state index in [1.165, 1.54) is 0 Å². The number of benzene rings is 2. The average Bonchev–Trinajstić information content (AvgIpc) is 2.54. The minimum atomic E-state index is -0.241. The maximum Gasteiger partial charge on any atom is 0.148 e. The van der Waals surface area contributed by atoms with Crippen molar-refractivity contribution in [1.82, 2.24) is 0 Å². The highest BCUT2D eigenvalue weighted by molar-refractivity contribution is 5.57. The molecule has 1 heterocycles. The van der Waals surface area contributed by atoms with Crippen molar-refractivity contribution < 1.29 is 9.13 Å². The van der Waals surface area contributed by atoms with E-state index in [-0.39, 0.29) is 18.0 Å². The first kappa shape index (κ1) is 16.6. The van der Waals surface area contributed by atoms with Crippen LogP contribution >= 0.6 is 0 Å². The molecule has 0 aromatic heterocycles. The fraction of sp³-hybridized carbons (Fsp3) is 0.368. The lowest BCUT2D eigenvalue weighted by Crippen LogP contribution is -2.45. The number of hydrogen-bond donors (Lipinski definition) is 2. The molecule has 5 heteroatoms. The first-order valence-electron chi connectivity index (χ1n) is 8.29. The normalized spacial score (nSPS) is 20.9. The molecular weight excluding hydrogens is 305 g/mol. The number of morpholine rings is 1. The monoisotopic (exact) mass is 329 g/mol. The topological polar surface area (TPSA) is 50.5 Å². The Kier molecular flexibility index (Phi) is 4.90. The SMILES string of the molecule is CC1CN(c2ccc(NCc3ccc(N)cc3)c(F)c2)CC(C)O1. The van der Waals surface area contributed by atoms with Gasteiger partial charge in [0.2, 0.25) is 0 Å². The van der Waals surface area contributed by atoms with E-state index in [4.69, 9.17) is 10.5 Å². The number of nitrogens with zero attached hydrogens (tertiary/aromatic N) is 1. The van der Waals surface area contributed by atoms with Gasteiger partial charge in [-0.1, -0.05) is 12.1 Å². The second-order valence-electron chi connectivity index (χ2n) is 6.42. The highest BCUT2D eigenvalue weighted by atomic mass is 19.1. The molecule has 1 aliphatic rings. The smallest absolute Gasteiger partial charge is 0.148 e. The molecule has 0 aliphatic carbocycles. The highest BCUT2D eigenvalue weighted by Gasteiger charge is 2.22. The summed E-state index contributed by atoms with van der Waals surface area (Å²) in [5.41, 5.74) is 8.86. The van der Waals surface area contributed by atoms with E-state index in [2.05, 4.69) is 10.2 Å². The standard InChI is InChI=1S/C19H24FN3O/c1-13-11-23(12-14(2)24-13)17-7-8-19(18(20)9-17)22-10-15-3-5-16(21)6-4-15/h3-9,13-14,22H,10-12,21H2,1-2H3. The van der Waals surface area contributed by atoms with Crippen LogP contribution in [0.2, 0.25) is 0 Å². The molecule has 2 aromatic rings. The van der Waals surface area contributed by atoms with Crippen molar-refractivity contribution in [2.24, 2.45) is 0 Å². The van der Waals surface area contributed by atoms with Gasteiger partial charge in [0.15, 0.2) is 0 Å². The third-order valence-corrected chi connectivity index (χ3v) is 4.20. The molecule has 3 N–H and O–H groups in total. The van der Waals surface area contributed by atoms with Gasteiger partial charge in [0.25, 0.3) is 0 Å². The summed E-state index contributed by atoms with van der Waals surface area (Å²) in [6, 6.07) is 12.9. The quantitative estimate of drug-likeness (QED) is 0.841. The summed E-state index contributed by atoms with van der Waals surface area (Å²) >= 11 is 0. The van der Waals surface area contributed by atoms with Gasteiger partial charge in [0.1, 0.15) is 5.82 Å². The average molecular weight is 329 g/mol. The number of nitrogens with one attached hydrogen (secondary N) is 1. The first-order valence-corrected chi connectivity index (χ1v) is 8.29. The lowest BCUT2D eigenvalue weighted by molar-refractivity contribution is -0.00523. The Labute approximate surface area is 142 Å². The molecular formula is C19H24FN3O. The predicted molar refractivity (Wildman–Crippen MR) is 96.8 cm³/mol. The molecule has 2 atom stereocenters. The fourth-order valence-electron chi connectivity index (χ4n) is 3.07. The molecule has 0 bridgehead atoms. The maximum atomic E-state index is 14.4. The largest absolute Gasteiger partial charge is 0.399 e. The van der Waals surface area contributed by atoms with Crippen LogP contribution in [-0.4, -0.2) is 25.3 Å². The van der Waals surface area contributed by atoms with Crippen LogP contribution in [-0.2, 0) is 11.3 Å². The Morgan fingerprint density at radius 3 is 2.42 bits per heavy atom. The molecule has 0 saturated carbocycles. The van der Waals surface area contributed by atoms with Gasteiger partial charge >= 0.3 is 0 Å². The van der Waals surface area contributed by atoms with Crippen LogP contribution in [0.4, 0.5) is 21.5 Å². The van der Waals surface area contributed by atoms with Crippen molar-refractivity contribution in [1.29, 1.82) is 0 Å². The summed E-state index contributed by atoms with van der Waals surface area (Å²) in [6.07, 6.45) is 0.306. The minimum absolute atomic E-state index is 0.153. The van der Waals surface area contributed by atoms with E-state index in [9.17, 15) is 4.39 Å². The third kappa shape index (κ3) is 3.97. The lowest BCUT2D eigenvalue weighted by Gasteiger charge is -2.37. The van der Waals surface area contributed by atoms with E-state index < -0.39 is 0 Å². The summed E-state index contributed by atoms with van der Waals surface area (Å²) in [5.74, 6) is -0.241. The lowest BCUT2D eigenvalue weighted by atomic mass is 10.1. The molecule has 4 nitrogen and oxygen atoms in total. The van der Waals surface area contributed by atoms with Gasteiger partial charge in [0.05, 0.1) is 17.9 Å². The van der Waals surface area contributed by atoms with Crippen molar-refractivity contribution in [3.05, 3.63) is 53.8 Å². The van der Waals surface area contributed by atoms with Crippen LogP contribution in [0.25, 0.3) is 0 Å². The molecule has 0 spiro atoms. The van der Waals surface area contributed by atoms with Crippen LogP contribution in [0.1, 0.15) is 19.4 Å².